The summed E-state index contributed by atoms with van der Waals surface area (Å²) in [5.41, 5.74) is 3.22. The number of alkyl halides is 3. The first-order chi connectivity index (χ1) is 16.6. The van der Waals surface area contributed by atoms with E-state index >= 15 is 0 Å². The second kappa shape index (κ2) is 8.26. The number of aromatic amines is 1. The molecule has 0 saturated heterocycles. The largest absolute Gasteiger partial charge is 0.465 e. The second-order valence-electron chi connectivity index (χ2n) is 8.38. The fourth-order valence-electron chi connectivity index (χ4n) is 4.66. The summed E-state index contributed by atoms with van der Waals surface area (Å²) in [7, 11) is 1.92. The Bertz CT molecular complexity index is 1510. The van der Waals surface area contributed by atoms with Gasteiger partial charge >= 0.3 is 18.0 Å². The molecule has 1 amide bonds. The van der Waals surface area contributed by atoms with Gasteiger partial charge in [-0.3, -0.25) is 4.98 Å². The van der Waals surface area contributed by atoms with Crippen molar-refractivity contribution in [2.45, 2.75) is 19.0 Å². The molecule has 0 saturated carbocycles. The van der Waals surface area contributed by atoms with Crippen molar-refractivity contribution in [2.75, 3.05) is 13.1 Å². The molecule has 180 valence electrons. The number of amides is 1. The molecule has 0 bridgehead atoms. The SMILES string of the molecule is Cn1c2c(c3ccc(-c4c[nH]c(=O)nc4-c4ccc(C(F)(F)F)nc4)cc31)CCN(C(=O)O)CC2. The Labute approximate surface area is 196 Å². The summed E-state index contributed by atoms with van der Waals surface area (Å²) < 4.78 is 40.8. The van der Waals surface area contributed by atoms with Gasteiger partial charge in [0.05, 0.1) is 5.69 Å². The number of H-pyrrole nitrogens is 1. The molecule has 1 aliphatic heterocycles. The zero-order chi connectivity index (χ0) is 24.9. The molecular weight excluding hydrogens is 463 g/mol. The van der Waals surface area contributed by atoms with E-state index in [9.17, 15) is 27.9 Å². The van der Waals surface area contributed by atoms with Crippen LogP contribution in [0.25, 0.3) is 33.3 Å². The lowest BCUT2D eigenvalue weighted by atomic mass is 9.99. The molecule has 3 aromatic heterocycles. The summed E-state index contributed by atoms with van der Waals surface area (Å²) >= 11 is 0. The average molecular weight is 483 g/mol. The summed E-state index contributed by atoms with van der Waals surface area (Å²) in [6.45, 7) is 0.826. The monoisotopic (exact) mass is 483 g/mol. The van der Waals surface area contributed by atoms with E-state index in [0.717, 1.165) is 40.0 Å². The molecular formula is C24H20F3N5O3. The number of nitrogens with zero attached hydrogens (tertiary/aromatic N) is 4. The van der Waals surface area contributed by atoms with Gasteiger partial charge in [-0.05, 0) is 35.7 Å². The zero-order valence-corrected chi connectivity index (χ0v) is 18.6. The fraction of sp³-hybridized carbons (Fsp3) is 0.250. The Hall–Kier alpha value is -4.15. The predicted molar refractivity (Wildman–Crippen MR) is 122 cm³/mol. The molecule has 4 heterocycles. The van der Waals surface area contributed by atoms with Crippen LogP contribution in [0.15, 0.2) is 47.5 Å². The van der Waals surface area contributed by atoms with E-state index in [2.05, 4.69) is 15.0 Å². The molecule has 0 spiro atoms. The van der Waals surface area contributed by atoms with Gasteiger partial charge in [0, 0.05) is 66.7 Å². The Morgan fingerprint density at radius 3 is 2.54 bits per heavy atom. The molecule has 5 rings (SSSR count). The number of hydrogen-bond acceptors (Lipinski definition) is 4. The van der Waals surface area contributed by atoms with Crippen LogP contribution in [0.4, 0.5) is 18.0 Å². The third-order valence-electron chi connectivity index (χ3n) is 6.41. The summed E-state index contributed by atoms with van der Waals surface area (Å²) in [6.07, 6.45) is -1.76. The lowest BCUT2D eigenvalue weighted by Gasteiger charge is -2.16. The highest BCUT2D eigenvalue weighted by Crippen LogP contribution is 2.35. The maximum Gasteiger partial charge on any atom is 0.433 e. The third kappa shape index (κ3) is 4.02. The Morgan fingerprint density at radius 2 is 1.86 bits per heavy atom. The van der Waals surface area contributed by atoms with E-state index in [0.29, 0.717) is 31.5 Å². The number of nitrogens with one attached hydrogen (secondary N) is 1. The van der Waals surface area contributed by atoms with E-state index in [4.69, 9.17) is 0 Å². The maximum atomic E-state index is 12.9. The number of carbonyl (C=O) groups is 1. The van der Waals surface area contributed by atoms with Crippen LogP contribution in [0.5, 0.6) is 0 Å². The minimum atomic E-state index is -4.57. The molecule has 2 N–H and O–H groups in total. The summed E-state index contributed by atoms with van der Waals surface area (Å²) in [6, 6.07) is 7.85. The van der Waals surface area contributed by atoms with Crippen LogP contribution in [-0.4, -0.2) is 48.7 Å². The fourth-order valence-corrected chi connectivity index (χ4v) is 4.66. The van der Waals surface area contributed by atoms with Crippen LogP contribution >= 0.6 is 0 Å². The van der Waals surface area contributed by atoms with Gasteiger partial charge in [-0.1, -0.05) is 12.1 Å². The standard InChI is InChI=1S/C24H20F3N5O3/c1-31-18-7-9-32(23(34)35)8-6-16(18)15-4-2-13(10-19(15)31)17-12-29-22(33)30-21(17)14-3-5-20(28-11-14)24(25,26)27/h2-5,10-12H,6-9H2,1H3,(H,34,35)(H,29,30,33). The van der Waals surface area contributed by atoms with Crippen molar-refractivity contribution in [3.05, 3.63) is 70.2 Å². The van der Waals surface area contributed by atoms with Crippen molar-refractivity contribution in [3.63, 3.8) is 0 Å². The Morgan fingerprint density at radius 1 is 1.11 bits per heavy atom. The molecule has 4 aromatic rings. The van der Waals surface area contributed by atoms with Gasteiger partial charge in [-0.2, -0.15) is 18.2 Å². The minimum Gasteiger partial charge on any atom is -0.465 e. The molecule has 0 atom stereocenters. The molecule has 11 heteroatoms. The Kier molecular flexibility index (Phi) is 5.34. The number of aromatic nitrogens is 4. The summed E-state index contributed by atoms with van der Waals surface area (Å²) in [5.74, 6) is 0. The lowest BCUT2D eigenvalue weighted by Crippen LogP contribution is -2.31. The van der Waals surface area contributed by atoms with Gasteiger partial charge in [0.15, 0.2) is 0 Å². The highest BCUT2D eigenvalue weighted by Gasteiger charge is 2.32. The maximum absolute atomic E-state index is 12.9. The van der Waals surface area contributed by atoms with Crippen molar-refractivity contribution in [2.24, 2.45) is 7.05 Å². The van der Waals surface area contributed by atoms with Gasteiger partial charge in [-0.25, -0.2) is 9.59 Å². The number of carboxylic acid groups (broad SMARTS) is 1. The van der Waals surface area contributed by atoms with E-state index in [1.165, 1.54) is 17.2 Å². The molecule has 0 fully saturated rings. The highest BCUT2D eigenvalue weighted by atomic mass is 19.4. The van der Waals surface area contributed by atoms with E-state index < -0.39 is 23.7 Å². The van der Waals surface area contributed by atoms with Gasteiger partial charge in [0.2, 0.25) is 0 Å². The molecule has 0 unspecified atom stereocenters. The molecule has 0 aliphatic carbocycles. The number of aryl methyl sites for hydroxylation is 1. The average Bonchev–Trinajstić information content (AvgIpc) is 2.96. The first-order valence-corrected chi connectivity index (χ1v) is 10.9. The Balaban J connectivity index is 1.59. The summed E-state index contributed by atoms with van der Waals surface area (Å²) in [4.78, 5) is 34.8. The van der Waals surface area contributed by atoms with Crippen LogP contribution in [0.1, 0.15) is 17.0 Å². The predicted octanol–water partition coefficient (Wildman–Crippen LogP) is 4.09. The summed E-state index contributed by atoms with van der Waals surface area (Å²) in [5, 5.41) is 10.4. The van der Waals surface area contributed by atoms with Crippen molar-refractivity contribution in [1.29, 1.82) is 0 Å². The van der Waals surface area contributed by atoms with E-state index in [1.807, 2.05) is 29.8 Å². The van der Waals surface area contributed by atoms with Gasteiger partial charge in [0.25, 0.3) is 0 Å². The topological polar surface area (TPSA) is 104 Å². The lowest BCUT2D eigenvalue weighted by molar-refractivity contribution is -0.141. The van der Waals surface area contributed by atoms with Crippen LogP contribution in [-0.2, 0) is 26.1 Å². The minimum absolute atomic E-state index is 0.224. The van der Waals surface area contributed by atoms with Gasteiger partial charge < -0.3 is 19.6 Å². The van der Waals surface area contributed by atoms with Crippen molar-refractivity contribution in [1.82, 2.24) is 24.4 Å². The third-order valence-corrected chi connectivity index (χ3v) is 6.41. The van der Waals surface area contributed by atoms with Crippen molar-refractivity contribution in [3.8, 4) is 22.4 Å². The number of halogens is 3. The number of rotatable bonds is 2. The number of fused-ring (bicyclic) bond motifs is 3. The molecule has 1 aliphatic rings. The van der Waals surface area contributed by atoms with Crippen LogP contribution in [0, 0.1) is 0 Å². The van der Waals surface area contributed by atoms with Gasteiger partial charge in [-0.15, -0.1) is 0 Å². The molecule has 1 aromatic carbocycles. The number of hydrogen-bond donors (Lipinski definition) is 2. The van der Waals surface area contributed by atoms with Crippen molar-refractivity contribution < 1.29 is 23.1 Å². The molecule has 8 nitrogen and oxygen atoms in total. The first kappa shape index (κ1) is 22.6. The number of benzene rings is 1. The number of pyridine rings is 1. The van der Waals surface area contributed by atoms with Crippen molar-refractivity contribution >= 4 is 17.0 Å². The highest BCUT2D eigenvalue weighted by molar-refractivity contribution is 5.91. The zero-order valence-electron chi connectivity index (χ0n) is 18.6. The smallest absolute Gasteiger partial charge is 0.433 e. The van der Waals surface area contributed by atoms with E-state index in [-0.39, 0.29) is 11.3 Å². The van der Waals surface area contributed by atoms with Crippen LogP contribution < -0.4 is 5.69 Å². The molecule has 0 radical (unpaired) electrons. The van der Waals surface area contributed by atoms with Crippen LogP contribution in [0.2, 0.25) is 0 Å². The van der Waals surface area contributed by atoms with Crippen LogP contribution in [0.3, 0.4) is 0 Å². The second-order valence-corrected chi connectivity index (χ2v) is 8.38. The molecule has 35 heavy (non-hydrogen) atoms. The van der Waals surface area contributed by atoms with E-state index in [1.54, 1.807) is 0 Å². The first-order valence-electron chi connectivity index (χ1n) is 10.9. The van der Waals surface area contributed by atoms with Gasteiger partial charge in [0.1, 0.15) is 5.69 Å². The normalized spacial score (nSPS) is 14.1. The quantitative estimate of drug-likeness (QED) is 0.447.